The Kier molecular flexibility index (Phi) is 8.06. The Morgan fingerprint density at radius 1 is 1.16 bits per heavy atom. The Morgan fingerprint density at radius 2 is 1.74 bits per heavy atom. The summed E-state index contributed by atoms with van der Waals surface area (Å²) in [5.74, 6) is -2.53. The molecule has 0 aliphatic heterocycles. The summed E-state index contributed by atoms with van der Waals surface area (Å²) >= 11 is 15.6. The molecule has 0 bridgehead atoms. The van der Waals surface area contributed by atoms with Crippen LogP contribution in [0.25, 0.3) is 0 Å². The first-order valence-electron chi connectivity index (χ1n) is 5.29. The summed E-state index contributed by atoms with van der Waals surface area (Å²) in [4.78, 5) is 33.2. The zero-order valence-corrected chi connectivity index (χ0v) is 12.5. The quantitative estimate of drug-likeness (QED) is 0.246. The van der Waals surface area contributed by atoms with Crippen LogP contribution in [-0.2, 0) is 23.9 Å². The Hall–Kier alpha value is -0.780. The van der Waals surface area contributed by atoms with Crippen LogP contribution in [0.2, 0.25) is 0 Å². The molecule has 108 valence electrons. The predicted molar refractivity (Wildman–Crippen MR) is 71.0 cm³/mol. The molecule has 0 aliphatic rings. The Balaban J connectivity index is 3.74. The first-order chi connectivity index (χ1) is 8.64. The van der Waals surface area contributed by atoms with Gasteiger partial charge in [-0.3, -0.25) is 4.79 Å². The van der Waals surface area contributed by atoms with Gasteiger partial charge in [0.15, 0.2) is 0 Å². The highest BCUT2D eigenvalue weighted by atomic mass is 35.6. The molecular weight excluding hydrogens is 318 g/mol. The standard InChI is InChI=1S/C11H13Cl3O5/c1-7(2)9(16)18-6-4-3-5-8(15)19-10(17)11(12,13)14/h1,3-6H2,2H3. The van der Waals surface area contributed by atoms with Crippen molar-refractivity contribution in [2.75, 3.05) is 6.61 Å². The highest BCUT2D eigenvalue weighted by molar-refractivity contribution is 6.75. The van der Waals surface area contributed by atoms with E-state index in [4.69, 9.17) is 39.5 Å². The molecular formula is C11H13Cl3O5. The Bertz CT molecular complexity index is 373. The maximum Gasteiger partial charge on any atom is 0.366 e. The minimum Gasteiger partial charge on any atom is -0.462 e. The van der Waals surface area contributed by atoms with Gasteiger partial charge in [-0.15, -0.1) is 0 Å². The SMILES string of the molecule is C=C(C)C(=O)OCCCCC(=O)OC(=O)C(Cl)(Cl)Cl. The highest BCUT2D eigenvalue weighted by Gasteiger charge is 2.34. The van der Waals surface area contributed by atoms with E-state index in [0.717, 1.165) is 0 Å². The van der Waals surface area contributed by atoms with Crippen molar-refractivity contribution >= 4 is 52.7 Å². The van der Waals surface area contributed by atoms with Crippen LogP contribution in [0.15, 0.2) is 12.2 Å². The molecule has 5 nitrogen and oxygen atoms in total. The first kappa shape index (κ1) is 18.2. The second kappa shape index (κ2) is 8.40. The van der Waals surface area contributed by atoms with Crippen molar-refractivity contribution in [3.05, 3.63) is 12.2 Å². The van der Waals surface area contributed by atoms with Gasteiger partial charge in [-0.1, -0.05) is 41.4 Å². The fourth-order valence-electron chi connectivity index (χ4n) is 0.872. The van der Waals surface area contributed by atoms with Gasteiger partial charge < -0.3 is 9.47 Å². The molecule has 0 spiro atoms. The lowest BCUT2D eigenvalue weighted by atomic mass is 10.2. The van der Waals surface area contributed by atoms with Gasteiger partial charge in [0.05, 0.1) is 6.61 Å². The first-order valence-corrected chi connectivity index (χ1v) is 6.42. The molecule has 0 unspecified atom stereocenters. The van der Waals surface area contributed by atoms with E-state index in [1.165, 1.54) is 6.92 Å². The fraction of sp³-hybridized carbons (Fsp3) is 0.545. The smallest absolute Gasteiger partial charge is 0.366 e. The Labute approximate surface area is 125 Å². The van der Waals surface area contributed by atoms with Gasteiger partial charge in [-0.05, 0) is 19.8 Å². The van der Waals surface area contributed by atoms with Crippen LogP contribution in [0.4, 0.5) is 0 Å². The molecule has 0 aromatic rings. The number of ether oxygens (including phenoxy) is 2. The lowest BCUT2D eigenvalue weighted by molar-refractivity contribution is -0.159. The average Bonchev–Trinajstić information content (AvgIpc) is 2.26. The van der Waals surface area contributed by atoms with Gasteiger partial charge in [-0.25, -0.2) is 9.59 Å². The third-order valence-corrected chi connectivity index (χ3v) is 2.26. The van der Waals surface area contributed by atoms with Crippen molar-refractivity contribution in [2.45, 2.75) is 30.0 Å². The van der Waals surface area contributed by atoms with Gasteiger partial charge in [0.1, 0.15) is 0 Å². The van der Waals surface area contributed by atoms with E-state index < -0.39 is 21.7 Å². The molecule has 0 radical (unpaired) electrons. The minimum atomic E-state index is -2.27. The van der Waals surface area contributed by atoms with Crippen LogP contribution in [0, 0.1) is 0 Å². The van der Waals surface area contributed by atoms with Gasteiger partial charge in [0.25, 0.3) is 3.79 Å². The molecule has 0 saturated heterocycles. The molecule has 19 heavy (non-hydrogen) atoms. The van der Waals surface area contributed by atoms with E-state index in [9.17, 15) is 14.4 Å². The predicted octanol–water partition coefficient (Wildman–Crippen LogP) is 2.72. The number of hydrogen-bond donors (Lipinski definition) is 0. The van der Waals surface area contributed by atoms with Crippen LogP contribution < -0.4 is 0 Å². The number of unbranched alkanes of at least 4 members (excludes halogenated alkanes) is 1. The van der Waals surface area contributed by atoms with Crippen LogP contribution in [0.5, 0.6) is 0 Å². The molecule has 0 fully saturated rings. The molecule has 0 aliphatic carbocycles. The lowest BCUT2D eigenvalue weighted by Gasteiger charge is -2.08. The molecule has 0 atom stereocenters. The van der Waals surface area contributed by atoms with Gasteiger partial charge in [0.2, 0.25) is 0 Å². The number of hydrogen-bond acceptors (Lipinski definition) is 5. The van der Waals surface area contributed by atoms with Crippen molar-refractivity contribution in [3.8, 4) is 0 Å². The van der Waals surface area contributed by atoms with Gasteiger partial charge >= 0.3 is 17.9 Å². The summed E-state index contributed by atoms with van der Waals surface area (Å²) in [7, 11) is 0. The van der Waals surface area contributed by atoms with Crippen LogP contribution >= 0.6 is 34.8 Å². The molecule has 0 saturated carbocycles. The molecule has 8 heteroatoms. The molecule has 0 heterocycles. The number of carbonyl (C=O) groups excluding carboxylic acids is 3. The largest absolute Gasteiger partial charge is 0.462 e. The van der Waals surface area contributed by atoms with E-state index in [0.29, 0.717) is 18.4 Å². The molecule has 0 rings (SSSR count). The van der Waals surface area contributed by atoms with E-state index in [1.807, 2.05) is 0 Å². The Morgan fingerprint density at radius 3 is 2.21 bits per heavy atom. The van der Waals surface area contributed by atoms with Crippen molar-refractivity contribution in [2.24, 2.45) is 0 Å². The van der Waals surface area contributed by atoms with E-state index in [1.54, 1.807) is 0 Å². The minimum absolute atomic E-state index is 0.0445. The van der Waals surface area contributed by atoms with Crippen molar-refractivity contribution in [1.29, 1.82) is 0 Å². The second-order valence-electron chi connectivity index (χ2n) is 3.63. The van der Waals surface area contributed by atoms with E-state index in [-0.39, 0.29) is 13.0 Å². The monoisotopic (exact) mass is 330 g/mol. The maximum absolute atomic E-state index is 11.2. The van der Waals surface area contributed by atoms with Crippen LogP contribution in [0.3, 0.4) is 0 Å². The van der Waals surface area contributed by atoms with Crippen LogP contribution in [0.1, 0.15) is 26.2 Å². The van der Waals surface area contributed by atoms with Gasteiger partial charge in [0, 0.05) is 12.0 Å². The third-order valence-electron chi connectivity index (χ3n) is 1.79. The summed E-state index contributed by atoms with van der Waals surface area (Å²) in [6.07, 6.45) is 0.766. The topological polar surface area (TPSA) is 69.7 Å². The van der Waals surface area contributed by atoms with E-state index >= 15 is 0 Å². The average molecular weight is 332 g/mol. The molecule has 0 amide bonds. The zero-order chi connectivity index (χ0) is 15.1. The number of alkyl halides is 3. The zero-order valence-electron chi connectivity index (χ0n) is 10.2. The summed E-state index contributed by atoms with van der Waals surface area (Å²) < 4.78 is 6.81. The summed E-state index contributed by atoms with van der Waals surface area (Å²) in [5.41, 5.74) is 0.299. The lowest BCUT2D eigenvalue weighted by Crippen LogP contribution is -2.25. The fourth-order valence-corrected chi connectivity index (χ4v) is 0.987. The molecule has 0 N–H and O–H groups in total. The number of halogens is 3. The number of carbonyl (C=O) groups is 3. The summed E-state index contributed by atoms with van der Waals surface area (Å²) in [6, 6.07) is 0. The summed E-state index contributed by atoms with van der Waals surface area (Å²) in [6.45, 7) is 5.09. The number of esters is 3. The van der Waals surface area contributed by atoms with Crippen LogP contribution in [-0.4, -0.2) is 28.3 Å². The summed E-state index contributed by atoms with van der Waals surface area (Å²) in [5, 5.41) is 0. The molecule has 0 aromatic carbocycles. The highest BCUT2D eigenvalue weighted by Crippen LogP contribution is 2.27. The van der Waals surface area contributed by atoms with Crippen molar-refractivity contribution in [1.82, 2.24) is 0 Å². The van der Waals surface area contributed by atoms with Gasteiger partial charge in [-0.2, -0.15) is 0 Å². The number of rotatable bonds is 6. The van der Waals surface area contributed by atoms with Crippen molar-refractivity contribution in [3.63, 3.8) is 0 Å². The second-order valence-corrected chi connectivity index (χ2v) is 5.91. The van der Waals surface area contributed by atoms with E-state index in [2.05, 4.69) is 11.3 Å². The third kappa shape index (κ3) is 8.86. The van der Waals surface area contributed by atoms with Crippen molar-refractivity contribution < 1.29 is 23.9 Å². The normalized spacial score (nSPS) is 10.7. The maximum atomic E-state index is 11.2. The molecule has 0 aromatic heterocycles.